The number of guanidine groups is 1. The van der Waals surface area contributed by atoms with Crippen molar-refractivity contribution in [1.29, 1.82) is 0 Å². The second-order valence-corrected chi connectivity index (χ2v) is 7.57. The molecule has 1 heterocycles. The predicted molar refractivity (Wildman–Crippen MR) is 109 cm³/mol. The summed E-state index contributed by atoms with van der Waals surface area (Å²) in [4.78, 5) is 7.08. The molecule has 0 bridgehead atoms. The van der Waals surface area contributed by atoms with Gasteiger partial charge in [0, 0.05) is 52.1 Å². The minimum absolute atomic E-state index is 0.0770. The van der Waals surface area contributed by atoms with Gasteiger partial charge in [0.05, 0.1) is 5.69 Å². The van der Waals surface area contributed by atoms with E-state index in [-0.39, 0.29) is 12.0 Å². The number of hydrogen-bond donors (Lipinski definition) is 2. The summed E-state index contributed by atoms with van der Waals surface area (Å²) in [7, 11) is 4.05. The van der Waals surface area contributed by atoms with Crippen LogP contribution in [-0.2, 0) is 13.6 Å². The van der Waals surface area contributed by atoms with Gasteiger partial charge in [-0.2, -0.15) is 5.10 Å². The van der Waals surface area contributed by atoms with Crippen LogP contribution in [0, 0.1) is 5.41 Å². The van der Waals surface area contributed by atoms with Crippen molar-refractivity contribution in [2.45, 2.75) is 66.3 Å². The molecule has 1 aromatic rings. The Bertz CT molecular complexity index is 561. The van der Waals surface area contributed by atoms with Crippen LogP contribution < -0.4 is 5.32 Å². The quantitative estimate of drug-likeness (QED) is 0.494. The number of aliphatic imine (C=N–C) groups is 1. The number of aromatic nitrogens is 2. The molecule has 0 saturated heterocycles. The minimum Gasteiger partial charge on any atom is -0.396 e. The zero-order valence-corrected chi connectivity index (χ0v) is 17.8. The summed E-state index contributed by atoms with van der Waals surface area (Å²) < 4.78 is 1.89. The second kappa shape index (κ2) is 10.6. The highest BCUT2D eigenvalue weighted by Gasteiger charge is 2.26. The Kier molecular flexibility index (Phi) is 9.13. The van der Waals surface area contributed by atoms with E-state index >= 15 is 0 Å². The normalized spacial score (nSPS) is 12.7. The molecule has 6 nitrogen and oxygen atoms in total. The van der Waals surface area contributed by atoms with Gasteiger partial charge in [-0.15, -0.1) is 0 Å². The summed E-state index contributed by atoms with van der Waals surface area (Å²) >= 11 is 0. The molecular formula is C20H39N5O. The van der Waals surface area contributed by atoms with Gasteiger partial charge >= 0.3 is 0 Å². The van der Waals surface area contributed by atoms with Crippen LogP contribution in [0.3, 0.4) is 0 Å². The van der Waals surface area contributed by atoms with Gasteiger partial charge < -0.3 is 15.3 Å². The molecule has 1 aromatic heterocycles. The van der Waals surface area contributed by atoms with E-state index in [1.807, 2.05) is 11.7 Å². The number of aliphatic hydroxyl groups is 1. The first-order valence-corrected chi connectivity index (χ1v) is 9.95. The third-order valence-electron chi connectivity index (χ3n) is 5.29. The summed E-state index contributed by atoms with van der Waals surface area (Å²) in [5.41, 5.74) is 2.46. The molecule has 0 aromatic carbocycles. The number of nitrogens with zero attached hydrogens (tertiary/aromatic N) is 4. The smallest absolute Gasteiger partial charge is 0.193 e. The minimum atomic E-state index is 0.0770. The molecule has 2 N–H and O–H groups in total. The highest BCUT2D eigenvalue weighted by atomic mass is 16.3. The molecule has 0 aliphatic carbocycles. The fourth-order valence-corrected chi connectivity index (χ4v) is 3.35. The molecule has 0 aliphatic rings. The summed E-state index contributed by atoms with van der Waals surface area (Å²) in [6.07, 6.45) is 4.95. The van der Waals surface area contributed by atoms with E-state index in [9.17, 15) is 5.11 Å². The van der Waals surface area contributed by atoms with Crippen molar-refractivity contribution in [3.63, 3.8) is 0 Å². The van der Waals surface area contributed by atoms with E-state index in [4.69, 9.17) is 4.99 Å². The Morgan fingerprint density at radius 2 is 2.00 bits per heavy atom. The van der Waals surface area contributed by atoms with Crippen LogP contribution in [0.15, 0.2) is 11.2 Å². The maximum atomic E-state index is 9.44. The van der Waals surface area contributed by atoms with Crippen LogP contribution in [-0.4, -0.2) is 52.5 Å². The first-order valence-electron chi connectivity index (χ1n) is 9.95. The van der Waals surface area contributed by atoms with Gasteiger partial charge in [-0.3, -0.25) is 9.67 Å². The topological polar surface area (TPSA) is 65.7 Å². The van der Waals surface area contributed by atoms with Gasteiger partial charge in [0.2, 0.25) is 0 Å². The molecule has 0 saturated carbocycles. The highest BCUT2D eigenvalue weighted by Crippen LogP contribution is 2.30. The van der Waals surface area contributed by atoms with E-state index in [1.165, 1.54) is 5.56 Å². The summed E-state index contributed by atoms with van der Waals surface area (Å²) in [6.45, 7) is 13.4. The van der Waals surface area contributed by atoms with Crippen molar-refractivity contribution < 1.29 is 5.11 Å². The van der Waals surface area contributed by atoms with E-state index < -0.39 is 0 Å². The predicted octanol–water partition coefficient (Wildman–Crippen LogP) is 3.13. The van der Waals surface area contributed by atoms with Crippen molar-refractivity contribution >= 4 is 5.96 Å². The van der Waals surface area contributed by atoms with Gasteiger partial charge in [0.15, 0.2) is 5.96 Å². The lowest BCUT2D eigenvalue weighted by Crippen LogP contribution is -2.39. The van der Waals surface area contributed by atoms with Gasteiger partial charge in [-0.05, 0) is 37.5 Å². The Balaban J connectivity index is 2.97. The Hall–Kier alpha value is -1.56. The maximum absolute atomic E-state index is 9.44. The molecule has 0 unspecified atom stereocenters. The van der Waals surface area contributed by atoms with E-state index in [1.54, 1.807) is 0 Å². The molecule has 0 spiro atoms. The molecule has 1 rings (SSSR count). The van der Waals surface area contributed by atoms with E-state index in [2.05, 4.69) is 63.2 Å². The standard InChI is InChI=1S/C20H39N5O/c1-8-20(9-2,11-12-26)15-22-19(21-10-3)24(6)13-17-14-25(7)23-18(17)16(4)5/h14,16,26H,8-13,15H2,1-7H3,(H,21,22). The number of hydrogen-bond acceptors (Lipinski definition) is 3. The fraction of sp³-hybridized carbons (Fsp3) is 0.800. The van der Waals surface area contributed by atoms with Gasteiger partial charge in [-0.1, -0.05) is 27.7 Å². The number of aliphatic hydroxyl groups excluding tert-OH is 1. The van der Waals surface area contributed by atoms with Crippen molar-refractivity contribution in [1.82, 2.24) is 20.0 Å². The van der Waals surface area contributed by atoms with Gasteiger partial charge in [0.25, 0.3) is 0 Å². The van der Waals surface area contributed by atoms with Gasteiger partial charge in [0.1, 0.15) is 0 Å². The SMILES string of the molecule is CCNC(=NCC(CC)(CC)CCO)N(C)Cc1cn(C)nc1C(C)C. The van der Waals surface area contributed by atoms with Crippen LogP contribution in [0.5, 0.6) is 0 Å². The molecule has 6 heteroatoms. The van der Waals surface area contributed by atoms with E-state index in [0.29, 0.717) is 5.92 Å². The van der Waals surface area contributed by atoms with Crippen LogP contribution in [0.25, 0.3) is 0 Å². The first-order chi connectivity index (χ1) is 12.3. The molecule has 0 aliphatic heterocycles. The van der Waals surface area contributed by atoms with Crippen molar-refractivity contribution in [2.75, 3.05) is 26.7 Å². The molecule has 0 radical (unpaired) electrons. The van der Waals surface area contributed by atoms with E-state index in [0.717, 1.165) is 50.6 Å². The number of aryl methyl sites for hydroxylation is 1. The van der Waals surface area contributed by atoms with Crippen LogP contribution >= 0.6 is 0 Å². The summed E-state index contributed by atoms with van der Waals surface area (Å²) in [5, 5.41) is 17.5. The second-order valence-electron chi connectivity index (χ2n) is 7.57. The first kappa shape index (κ1) is 22.5. The van der Waals surface area contributed by atoms with Crippen molar-refractivity contribution in [3.8, 4) is 0 Å². The molecular weight excluding hydrogens is 326 g/mol. The third-order valence-corrected chi connectivity index (χ3v) is 5.29. The van der Waals surface area contributed by atoms with Gasteiger partial charge in [-0.25, -0.2) is 0 Å². The summed E-state index contributed by atoms with van der Waals surface area (Å²) in [5.74, 6) is 1.31. The molecule has 26 heavy (non-hydrogen) atoms. The van der Waals surface area contributed by atoms with Crippen LogP contribution in [0.1, 0.15) is 71.1 Å². The molecule has 0 amide bonds. The lowest BCUT2D eigenvalue weighted by Gasteiger charge is -2.30. The van der Waals surface area contributed by atoms with Crippen molar-refractivity contribution in [2.24, 2.45) is 17.5 Å². The lowest BCUT2D eigenvalue weighted by atomic mass is 9.79. The lowest BCUT2D eigenvalue weighted by molar-refractivity contribution is 0.175. The number of rotatable bonds is 10. The zero-order chi connectivity index (χ0) is 19.7. The monoisotopic (exact) mass is 365 g/mol. The highest BCUT2D eigenvalue weighted by molar-refractivity contribution is 5.79. The average molecular weight is 366 g/mol. The van der Waals surface area contributed by atoms with Crippen LogP contribution in [0.2, 0.25) is 0 Å². The average Bonchev–Trinajstić information content (AvgIpc) is 2.98. The Morgan fingerprint density at radius 1 is 1.35 bits per heavy atom. The third kappa shape index (κ3) is 6.01. The molecule has 150 valence electrons. The maximum Gasteiger partial charge on any atom is 0.193 e. The molecule has 0 atom stereocenters. The van der Waals surface area contributed by atoms with Crippen LogP contribution in [0.4, 0.5) is 0 Å². The largest absolute Gasteiger partial charge is 0.396 e. The summed E-state index contributed by atoms with van der Waals surface area (Å²) in [6, 6.07) is 0. The van der Waals surface area contributed by atoms with Crippen molar-refractivity contribution in [3.05, 3.63) is 17.5 Å². The Morgan fingerprint density at radius 3 is 2.50 bits per heavy atom. The zero-order valence-electron chi connectivity index (χ0n) is 17.8. The fourth-order valence-electron chi connectivity index (χ4n) is 3.35. The molecule has 0 fully saturated rings. The Labute approximate surface area is 159 Å². The number of nitrogens with one attached hydrogen (secondary N) is 1.